The first-order valence-electron chi connectivity index (χ1n) is 4.49. The Kier molecular flexibility index (Phi) is 1.87. The molecule has 1 aliphatic rings. The number of hydrogen-bond donors (Lipinski definition) is 1. The van der Waals surface area contributed by atoms with Gasteiger partial charge in [-0.05, 0) is 0 Å². The number of H-pyrrole nitrogens is 1. The average molecular weight is 193 g/mol. The van der Waals surface area contributed by atoms with Crippen molar-refractivity contribution >= 4 is 17.5 Å². The number of nitrogens with zero attached hydrogens (tertiary/aromatic N) is 2. The molecule has 0 bridgehead atoms. The van der Waals surface area contributed by atoms with Crippen LogP contribution in [0, 0.1) is 11.8 Å². The largest absolute Gasteiger partial charge is 0.284 e. The number of amides is 2. The number of imide groups is 1. The van der Waals surface area contributed by atoms with Gasteiger partial charge >= 0.3 is 0 Å². The van der Waals surface area contributed by atoms with Crippen LogP contribution in [0.15, 0.2) is 12.4 Å². The van der Waals surface area contributed by atoms with Crippen molar-refractivity contribution < 1.29 is 9.59 Å². The molecule has 1 aromatic rings. The van der Waals surface area contributed by atoms with Crippen molar-refractivity contribution in [3.63, 3.8) is 0 Å². The van der Waals surface area contributed by atoms with Crippen LogP contribution in [0.3, 0.4) is 0 Å². The molecule has 0 aromatic carbocycles. The number of anilines is 1. The zero-order chi connectivity index (χ0) is 10.3. The van der Waals surface area contributed by atoms with Crippen LogP contribution in [0.5, 0.6) is 0 Å². The lowest BCUT2D eigenvalue weighted by molar-refractivity contribution is -0.122. The van der Waals surface area contributed by atoms with E-state index in [2.05, 4.69) is 10.2 Å². The summed E-state index contributed by atoms with van der Waals surface area (Å²) in [5.74, 6) is -0.775. The third kappa shape index (κ3) is 1.05. The molecule has 1 aliphatic heterocycles. The van der Waals surface area contributed by atoms with Crippen molar-refractivity contribution in [3.8, 4) is 0 Å². The van der Waals surface area contributed by atoms with E-state index in [1.807, 2.05) is 0 Å². The maximum Gasteiger partial charge on any atom is 0.237 e. The predicted molar refractivity (Wildman–Crippen MR) is 49.4 cm³/mol. The van der Waals surface area contributed by atoms with E-state index in [0.29, 0.717) is 5.69 Å². The Morgan fingerprint density at radius 1 is 1.29 bits per heavy atom. The van der Waals surface area contributed by atoms with Crippen molar-refractivity contribution in [3.05, 3.63) is 12.4 Å². The Bertz CT molecular complexity index is 351. The molecule has 0 saturated carbocycles. The molecule has 2 amide bonds. The van der Waals surface area contributed by atoms with Gasteiger partial charge in [0, 0.05) is 18.0 Å². The summed E-state index contributed by atoms with van der Waals surface area (Å²) in [7, 11) is 0. The number of rotatable bonds is 1. The predicted octanol–water partition coefficient (Wildman–Crippen LogP) is 0.555. The van der Waals surface area contributed by atoms with E-state index in [0.717, 1.165) is 0 Å². The third-order valence-corrected chi connectivity index (χ3v) is 2.71. The molecule has 14 heavy (non-hydrogen) atoms. The molecular formula is C9H11N3O2. The van der Waals surface area contributed by atoms with E-state index in [1.54, 1.807) is 20.0 Å². The molecule has 2 rings (SSSR count). The van der Waals surface area contributed by atoms with Gasteiger partial charge in [0.15, 0.2) is 0 Å². The monoisotopic (exact) mass is 193 g/mol. The van der Waals surface area contributed by atoms with Gasteiger partial charge in [-0.2, -0.15) is 5.10 Å². The van der Waals surface area contributed by atoms with Crippen LogP contribution in [0.25, 0.3) is 0 Å². The van der Waals surface area contributed by atoms with Gasteiger partial charge < -0.3 is 0 Å². The fourth-order valence-corrected chi connectivity index (χ4v) is 1.56. The van der Waals surface area contributed by atoms with Crippen LogP contribution in [0.2, 0.25) is 0 Å². The van der Waals surface area contributed by atoms with Crippen LogP contribution in [0.4, 0.5) is 5.69 Å². The van der Waals surface area contributed by atoms with Gasteiger partial charge in [0.25, 0.3) is 0 Å². The van der Waals surface area contributed by atoms with Gasteiger partial charge in [0.05, 0.1) is 11.9 Å². The number of hydrogen-bond acceptors (Lipinski definition) is 3. The molecule has 2 unspecified atom stereocenters. The quantitative estimate of drug-likeness (QED) is 0.662. The first-order valence-corrected chi connectivity index (χ1v) is 4.49. The first-order chi connectivity index (χ1) is 6.63. The summed E-state index contributed by atoms with van der Waals surface area (Å²) in [6.07, 6.45) is 3.01. The number of carbonyl (C=O) groups excluding carboxylic acids is 2. The number of carbonyl (C=O) groups is 2. The third-order valence-electron chi connectivity index (χ3n) is 2.71. The summed E-state index contributed by atoms with van der Waals surface area (Å²) in [6.45, 7) is 3.54. The molecule has 0 radical (unpaired) electrons. The van der Waals surface area contributed by atoms with Crippen LogP contribution in [0.1, 0.15) is 13.8 Å². The van der Waals surface area contributed by atoms with Crippen LogP contribution in [-0.2, 0) is 9.59 Å². The fourth-order valence-electron chi connectivity index (χ4n) is 1.56. The highest BCUT2D eigenvalue weighted by Gasteiger charge is 2.43. The summed E-state index contributed by atoms with van der Waals surface area (Å²) in [5, 5.41) is 6.30. The highest BCUT2D eigenvalue weighted by atomic mass is 16.2. The zero-order valence-electron chi connectivity index (χ0n) is 8.02. The second-order valence-corrected chi connectivity index (χ2v) is 3.55. The molecule has 5 heteroatoms. The highest BCUT2D eigenvalue weighted by Crippen LogP contribution is 2.29. The highest BCUT2D eigenvalue weighted by molar-refractivity contribution is 6.21. The van der Waals surface area contributed by atoms with Crippen LogP contribution in [-0.4, -0.2) is 22.0 Å². The second-order valence-electron chi connectivity index (χ2n) is 3.55. The smallest absolute Gasteiger partial charge is 0.237 e. The molecule has 2 heterocycles. The number of nitrogens with one attached hydrogen (secondary N) is 1. The Morgan fingerprint density at radius 3 is 2.29 bits per heavy atom. The topological polar surface area (TPSA) is 66.1 Å². The number of aromatic amines is 1. The minimum Gasteiger partial charge on any atom is -0.284 e. The lowest BCUT2D eigenvalue weighted by atomic mass is 10.00. The summed E-state index contributed by atoms with van der Waals surface area (Å²) in [5.41, 5.74) is 0.524. The second kappa shape index (κ2) is 2.94. The Labute approximate surface area is 81.1 Å². The van der Waals surface area contributed by atoms with Crippen molar-refractivity contribution in [2.24, 2.45) is 11.8 Å². The SMILES string of the molecule is CC1C(=O)N(c2cn[nH]c2)C(=O)C1C. The zero-order valence-corrected chi connectivity index (χ0v) is 8.02. The first kappa shape index (κ1) is 8.93. The van der Waals surface area contributed by atoms with E-state index < -0.39 is 0 Å². The maximum absolute atomic E-state index is 11.7. The molecule has 0 aliphatic carbocycles. The molecule has 2 atom stereocenters. The number of aromatic nitrogens is 2. The van der Waals surface area contributed by atoms with Crippen LogP contribution < -0.4 is 4.90 Å². The Morgan fingerprint density at radius 2 is 1.86 bits per heavy atom. The Hall–Kier alpha value is -1.65. The molecule has 5 nitrogen and oxygen atoms in total. The molecule has 1 aromatic heterocycles. The minimum absolute atomic E-state index is 0.149. The van der Waals surface area contributed by atoms with Crippen molar-refractivity contribution in [2.75, 3.05) is 4.90 Å². The van der Waals surface area contributed by atoms with E-state index in [9.17, 15) is 9.59 Å². The van der Waals surface area contributed by atoms with Gasteiger partial charge in [-0.3, -0.25) is 14.7 Å². The van der Waals surface area contributed by atoms with Gasteiger partial charge in [0.2, 0.25) is 11.8 Å². The van der Waals surface area contributed by atoms with E-state index in [1.165, 1.54) is 11.1 Å². The van der Waals surface area contributed by atoms with Gasteiger partial charge in [0.1, 0.15) is 0 Å². The van der Waals surface area contributed by atoms with Crippen molar-refractivity contribution in [2.45, 2.75) is 13.8 Å². The van der Waals surface area contributed by atoms with E-state index in [-0.39, 0.29) is 23.7 Å². The molecule has 1 N–H and O–H groups in total. The molecular weight excluding hydrogens is 182 g/mol. The van der Waals surface area contributed by atoms with E-state index >= 15 is 0 Å². The molecule has 1 saturated heterocycles. The fraction of sp³-hybridized carbons (Fsp3) is 0.444. The van der Waals surface area contributed by atoms with Gasteiger partial charge in [-0.25, -0.2) is 4.90 Å². The Balaban J connectivity index is 2.38. The lowest BCUT2D eigenvalue weighted by Crippen LogP contribution is -2.30. The van der Waals surface area contributed by atoms with Gasteiger partial charge in [-0.1, -0.05) is 13.8 Å². The molecule has 1 fully saturated rings. The van der Waals surface area contributed by atoms with Crippen molar-refractivity contribution in [1.82, 2.24) is 10.2 Å². The van der Waals surface area contributed by atoms with Gasteiger partial charge in [-0.15, -0.1) is 0 Å². The maximum atomic E-state index is 11.7. The standard InChI is InChI=1S/C9H11N3O2/c1-5-6(2)9(14)12(8(5)13)7-3-10-11-4-7/h3-6H,1-2H3,(H,10,11). The van der Waals surface area contributed by atoms with Crippen molar-refractivity contribution in [1.29, 1.82) is 0 Å². The molecule has 0 spiro atoms. The summed E-state index contributed by atoms with van der Waals surface area (Å²) in [4.78, 5) is 24.6. The summed E-state index contributed by atoms with van der Waals surface area (Å²) >= 11 is 0. The summed E-state index contributed by atoms with van der Waals surface area (Å²) in [6, 6.07) is 0. The minimum atomic E-state index is -0.239. The normalized spacial score (nSPS) is 27.4. The van der Waals surface area contributed by atoms with Crippen LogP contribution >= 0.6 is 0 Å². The summed E-state index contributed by atoms with van der Waals surface area (Å²) < 4.78 is 0. The van der Waals surface area contributed by atoms with E-state index in [4.69, 9.17) is 0 Å². The average Bonchev–Trinajstić information content (AvgIpc) is 2.73. The lowest BCUT2D eigenvalue weighted by Gasteiger charge is -2.10. The molecule has 74 valence electrons.